The van der Waals surface area contributed by atoms with Crippen molar-refractivity contribution in [2.45, 2.75) is 0 Å². The Kier molecular flexibility index (Phi) is 7.78. The number of furan rings is 1. The molecule has 0 saturated carbocycles. The number of para-hydroxylation sites is 1. The van der Waals surface area contributed by atoms with Crippen LogP contribution in [-0.4, -0.2) is 15.0 Å². The fraction of sp³-hybridized carbons (Fsp3) is 0. The summed E-state index contributed by atoms with van der Waals surface area (Å²) in [6.45, 7) is 0. The van der Waals surface area contributed by atoms with E-state index in [-0.39, 0.29) is 0 Å². The molecule has 0 atom stereocenters. The third kappa shape index (κ3) is 5.83. The number of hydrogen-bond donors (Lipinski definition) is 0. The van der Waals surface area contributed by atoms with E-state index in [1.807, 2.05) is 36.4 Å². The van der Waals surface area contributed by atoms with Gasteiger partial charge < -0.3 is 4.42 Å². The minimum absolute atomic E-state index is 0.611. The lowest BCUT2D eigenvalue weighted by molar-refractivity contribution is 0.669. The van der Waals surface area contributed by atoms with Crippen LogP contribution in [0.3, 0.4) is 0 Å². The van der Waals surface area contributed by atoms with E-state index in [2.05, 4.69) is 164 Å². The van der Waals surface area contributed by atoms with Crippen LogP contribution in [0.25, 0.3) is 111 Å². The highest BCUT2D eigenvalue weighted by atomic mass is 16.3. The van der Waals surface area contributed by atoms with Gasteiger partial charge in [0.2, 0.25) is 0 Å². The number of rotatable bonds is 6. The van der Waals surface area contributed by atoms with E-state index in [4.69, 9.17) is 19.4 Å². The molecule has 11 aromatic rings. The summed E-state index contributed by atoms with van der Waals surface area (Å²) in [6.07, 6.45) is 0. The Morgan fingerprint density at radius 1 is 0.281 bits per heavy atom. The Balaban J connectivity index is 1.09. The average Bonchev–Trinajstić information content (AvgIpc) is 3.68. The molecule has 0 amide bonds. The van der Waals surface area contributed by atoms with Gasteiger partial charge in [-0.1, -0.05) is 164 Å². The molecule has 57 heavy (non-hydrogen) atoms. The summed E-state index contributed by atoms with van der Waals surface area (Å²) in [6, 6.07) is 70.0. The Hall–Kier alpha value is -7.69. The molecule has 9 aromatic carbocycles. The Bertz CT molecular complexity index is 3280. The molecule has 266 valence electrons. The highest BCUT2D eigenvalue weighted by Gasteiger charge is 2.18. The maximum atomic E-state index is 6.20. The topological polar surface area (TPSA) is 51.8 Å². The van der Waals surface area contributed by atoms with Crippen molar-refractivity contribution in [1.29, 1.82) is 0 Å². The molecule has 11 rings (SSSR count). The normalized spacial score (nSPS) is 11.5. The minimum Gasteiger partial charge on any atom is -0.456 e. The van der Waals surface area contributed by atoms with Crippen molar-refractivity contribution < 1.29 is 4.42 Å². The van der Waals surface area contributed by atoms with Crippen LogP contribution >= 0.6 is 0 Å². The van der Waals surface area contributed by atoms with Gasteiger partial charge >= 0.3 is 0 Å². The molecule has 4 heteroatoms. The highest BCUT2D eigenvalue weighted by Crippen LogP contribution is 2.40. The van der Waals surface area contributed by atoms with E-state index in [1.165, 1.54) is 21.5 Å². The lowest BCUT2D eigenvalue weighted by Crippen LogP contribution is -2.00. The highest BCUT2D eigenvalue weighted by molar-refractivity contribution is 6.14. The monoisotopic (exact) mass is 727 g/mol. The second-order valence-corrected chi connectivity index (χ2v) is 14.4. The van der Waals surface area contributed by atoms with Crippen molar-refractivity contribution in [3.8, 4) is 67.5 Å². The first-order chi connectivity index (χ1) is 28.2. The Morgan fingerprint density at radius 3 is 1.56 bits per heavy atom. The molecule has 2 heterocycles. The SMILES string of the molecule is c1ccc(-c2cc(-c3nc(-c4ccccc4)nc(-c4ccc(-c5cccc6oc7ccccc7c56)cc4)n3)cc(-c3cc4ccccc4c4ccccc34)c2)cc1. The predicted molar refractivity (Wildman–Crippen MR) is 235 cm³/mol. The van der Waals surface area contributed by atoms with E-state index in [9.17, 15) is 0 Å². The third-order valence-corrected chi connectivity index (χ3v) is 10.9. The molecular formula is C53H33N3O. The van der Waals surface area contributed by atoms with E-state index in [0.29, 0.717) is 17.5 Å². The first-order valence-electron chi connectivity index (χ1n) is 19.2. The van der Waals surface area contributed by atoms with Gasteiger partial charge in [-0.2, -0.15) is 0 Å². The van der Waals surface area contributed by atoms with Crippen LogP contribution in [-0.2, 0) is 0 Å². The number of benzene rings is 9. The summed E-state index contributed by atoms with van der Waals surface area (Å²) < 4.78 is 6.20. The summed E-state index contributed by atoms with van der Waals surface area (Å²) in [5.41, 5.74) is 11.2. The van der Waals surface area contributed by atoms with Crippen LogP contribution < -0.4 is 0 Å². The molecule has 0 bridgehead atoms. The first kappa shape index (κ1) is 32.7. The second kappa shape index (κ2) is 13.6. The van der Waals surface area contributed by atoms with E-state index in [1.54, 1.807) is 0 Å². The molecular weight excluding hydrogens is 695 g/mol. The fourth-order valence-corrected chi connectivity index (χ4v) is 8.17. The largest absolute Gasteiger partial charge is 0.456 e. The van der Waals surface area contributed by atoms with Crippen molar-refractivity contribution >= 4 is 43.5 Å². The molecule has 0 unspecified atom stereocenters. The first-order valence-corrected chi connectivity index (χ1v) is 19.2. The van der Waals surface area contributed by atoms with Crippen molar-refractivity contribution in [3.63, 3.8) is 0 Å². The summed E-state index contributed by atoms with van der Waals surface area (Å²) in [5, 5.41) is 7.09. The van der Waals surface area contributed by atoms with Gasteiger partial charge in [0.25, 0.3) is 0 Å². The molecule has 2 aromatic heterocycles. The molecule has 0 aliphatic heterocycles. The lowest BCUT2D eigenvalue weighted by Gasteiger charge is -2.15. The van der Waals surface area contributed by atoms with Crippen LogP contribution in [0.2, 0.25) is 0 Å². The van der Waals surface area contributed by atoms with Gasteiger partial charge in [0.15, 0.2) is 17.5 Å². The van der Waals surface area contributed by atoms with Gasteiger partial charge in [-0.15, -0.1) is 0 Å². The van der Waals surface area contributed by atoms with E-state index < -0.39 is 0 Å². The summed E-state index contributed by atoms with van der Waals surface area (Å²) in [5.74, 6) is 1.85. The number of aromatic nitrogens is 3. The van der Waals surface area contributed by atoms with Gasteiger partial charge in [-0.3, -0.25) is 0 Å². The Morgan fingerprint density at radius 2 is 0.807 bits per heavy atom. The van der Waals surface area contributed by atoms with Crippen molar-refractivity contribution in [2.75, 3.05) is 0 Å². The van der Waals surface area contributed by atoms with Crippen LogP contribution in [0.4, 0.5) is 0 Å². The van der Waals surface area contributed by atoms with Gasteiger partial charge in [0.05, 0.1) is 0 Å². The number of hydrogen-bond acceptors (Lipinski definition) is 4. The molecule has 0 aliphatic rings. The lowest BCUT2D eigenvalue weighted by atomic mass is 9.90. The van der Waals surface area contributed by atoms with E-state index >= 15 is 0 Å². The molecule has 4 nitrogen and oxygen atoms in total. The third-order valence-electron chi connectivity index (χ3n) is 10.9. The Labute approximate surface area is 329 Å². The molecule has 0 radical (unpaired) electrons. The van der Waals surface area contributed by atoms with Crippen LogP contribution in [0.15, 0.2) is 205 Å². The van der Waals surface area contributed by atoms with Crippen molar-refractivity contribution in [3.05, 3.63) is 200 Å². The molecule has 0 spiro atoms. The van der Waals surface area contributed by atoms with Crippen molar-refractivity contribution in [1.82, 2.24) is 15.0 Å². The second-order valence-electron chi connectivity index (χ2n) is 14.4. The van der Waals surface area contributed by atoms with Gasteiger partial charge in [-0.05, 0) is 91.3 Å². The zero-order valence-electron chi connectivity index (χ0n) is 30.8. The minimum atomic E-state index is 0.611. The maximum absolute atomic E-state index is 6.20. The molecule has 0 fully saturated rings. The number of nitrogens with zero attached hydrogens (tertiary/aromatic N) is 3. The molecule has 0 N–H and O–H groups in total. The molecule has 0 saturated heterocycles. The summed E-state index contributed by atoms with van der Waals surface area (Å²) in [4.78, 5) is 15.5. The number of fused-ring (bicyclic) bond motifs is 6. The van der Waals surface area contributed by atoms with Gasteiger partial charge in [0, 0.05) is 27.5 Å². The average molecular weight is 728 g/mol. The van der Waals surface area contributed by atoms with Crippen LogP contribution in [0, 0.1) is 0 Å². The van der Waals surface area contributed by atoms with Crippen molar-refractivity contribution in [2.24, 2.45) is 0 Å². The fourth-order valence-electron chi connectivity index (χ4n) is 8.17. The molecule has 0 aliphatic carbocycles. The summed E-state index contributed by atoms with van der Waals surface area (Å²) >= 11 is 0. The smallest absolute Gasteiger partial charge is 0.164 e. The van der Waals surface area contributed by atoms with E-state index in [0.717, 1.165) is 72.0 Å². The van der Waals surface area contributed by atoms with Crippen LogP contribution in [0.1, 0.15) is 0 Å². The zero-order valence-corrected chi connectivity index (χ0v) is 30.8. The standard InChI is InChI=1S/C53H33N3O/c1-3-14-34(15-4-1)39-30-40(47-33-38-18-7-8-19-42(38)44-20-9-10-21-45(44)47)32-41(31-39)53-55-51(36-16-5-2-6-17-36)54-52(56-53)37-28-26-35(27-29-37)43-23-13-25-49-50(43)46-22-11-12-24-48(46)57-49/h1-33H. The quantitative estimate of drug-likeness (QED) is 0.160. The predicted octanol–water partition coefficient (Wildman–Crippen LogP) is 14.1. The zero-order chi connectivity index (χ0) is 37.7. The van der Waals surface area contributed by atoms with Gasteiger partial charge in [-0.25, -0.2) is 15.0 Å². The maximum Gasteiger partial charge on any atom is 0.164 e. The van der Waals surface area contributed by atoms with Crippen LogP contribution in [0.5, 0.6) is 0 Å². The van der Waals surface area contributed by atoms with Gasteiger partial charge in [0.1, 0.15) is 11.2 Å². The summed E-state index contributed by atoms with van der Waals surface area (Å²) in [7, 11) is 0.